The van der Waals surface area contributed by atoms with Crippen LogP contribution in [0.1, 0.15) is 74.4 Å². The number of carbonyl (C=O) groups is 1. The van der Waals surface area contributed by atoms with Crippen LogP contribution in [0.4, 0.5) is 0 Å². The zero-order valence-corrected chi connectivity index (χ0v) is 17.4. The van der Waals surface area contributed by atoms with Crippen LogP contribution in [0.2, 0.25) is 0 Å². The van der Waals surface area contributed by atoms with Gasteiger partial charge in [-0.1, -0.05) is 39.0 Å². The van der Waals surface area contributed by atoms with Crippen LogP contribution in [0.15, 0.2) is 39.5 Å². The van der Waals surface area contributed by atoms with E-state index in [1.54, 1.807) is 19.1 Å². The number of aromatic carboxylic acids is 1. The highest BCUT2D eigenvalue weighted by molar-refractivity contribution is 5.96. The number of rotatable bonds is 10. The first-order valence-corrected chi connectivity index (χ1v) is 10.5. The number of carboxylic acid groups (broad SMARTS) is 1. The van der Waals surface area contributed by atoms with Crippen molar-refractivity contribution in [1.29, 1.82) is 0 Å². The molecular formula is C24H28O6. The molecule has 1 unspecified atom stereocenters. The van der Waals surface area contributed by atoms with Crippen molar-refractivity contribution in [2.75, 3.05) is 6.61 Å². The standard InChI is InChI=1S/C24H28O6/c1-3-4-5-6-7-8-11-29-17-13-18(15(2)25)23-20(14-17)22(26)19-12-16(24(27)28)9-10-21(19)30-23/h9-10,12-15,25H,3-8,11H2,1-2H3,(H,27,28). The summed E-state index contributed by atoms with van der Waals surface area (Å²) in [6.07, 6.45) is 6.00. The molecule has 0 fully saturated rings. The number of ether oxygens (including phenoxy) is 1. The molecule has 3 aromatic rings. The fraction of sp³-hybridized carbons (Fsp3) is 0.417. The highest BCUT2D eigenvalue weighted by Crippen LogP contribution is 2.31. The summed E-state index contributed by atoms with van der Waals surface area (Å²) >= 11 is 0. The van der Waals surface area contributed by atoms with Gasteiger partial charge in [0.2, 0.25) is 5.43 Å². The highest BCUT2D eigenvalue weighted by Gasteiger charge is 2.17. The second kappa shape index (κ2) is 9.76. The van der Waals surface area contributed by atoms with Crippen LogP contribution < -0.4 is 10.2 Å². The molecule has 30 heavy (non-hydrogen) atoms. The Morgan fingerprint density at radius 2 is 1.80 bits per heavy atom. The molecule has 160 valence electrons. The van der Waals surface area contributed by atoms with Crippen LogP contribution in [-0.2, 0) is 0 Å². The second-order valence-corrected chi connectivity index (χ2v) is 7.63. The predicted molar refractivity (Wildman–Crippen MR) is 116 cm³/mol. The molecule has 0 aliphatic heterocycles. The monoisotopic (exact) mass is 412 g/mol. The summed E-state index contributed by atoms with van der Waals surface area (Å²) in [5.41, 5.74) is 0.700. The van der Waals surface area contributed by atoms with Crippen molar-refractivity contribution in [1.82, 2.24) is 0 Å². The summed E-state index contributed by atoms with van der Waals surface area (Å²) < 4.78 is 11.7. The van der Waals surface area contributed by atoms with E-state index in [4.69, 9.17) is 9.15 Å². The van der Waals surface area contributed by atoms with Crippen molar-refractivity contribution in [3.05, 3.63) is 51.7 Å². The van der Waals surface area contributed by atoms with Crippen molar-refractivity contribution in [3.63, 3.8) is 0 Å². The Labute approximate surface area is 175 Å². The average Bonchev–Trinajstić information content (AvgIpc) is 2.72. The number of benzene rings is 2. The van der Waals surface area contributed by atoms with Crippen molar-refractivity contribution < 1.29 is 24.2 Å². The molecule has 0 spiro atoms. The molecule has 1 atom stereocenters. The Kier molecular flexibility index (Phi) is 7.11. The average molecular weight is 412 g/mol. The van der Waals surface area contributed by atoms with E-state index in [2.05, 4.69) is 6.92 Å². The van der Waals surface area contributed by atoms with Crippen molar-refractivity contribution in [2.24, 2.45) is 0 Å². The largest absolute Gasteiger partial charge is 0.494 e. The van der Waals surface area contributed by atoms with Crippen LogP contribution in [0.25, 0.3) is 21.9 Å². The first-order chi connectivity index (χ1) is 14.4. The van der Waals surface area contributed by atoms with Gasteiger partial charge in [-0.2, -0.15) is 0 Å². The van der Waals surface area contributed by atoms with E-state index < -0.39 is 12.1 Å². The normalized spacial score (nSPS) is 12.4. The van der Waals surface area contributed by atoms with Crippen LogP contribution in [0.3, 0.4) is 0 Å². The topological polar surface area (TPSA) is 97.0 Å². The van der Waals surface area contributed by atoms with E-state index in [-0.39, 0.29) is 32.9 Å². The predicted octanol–water partition coefficient (Wildman–Crippen LogP) is 5.44. The summed E-state index contributed by atoms with van der Waals surface area (Å²) in [6, 6.07) is 7.48. The smallest absolute Gasteiger partial charge is 0.335 e. The second-order valence-electron chi connectivity index (χ2n) is 7.63. The van der Waals surface area contributed by atoms with Crippen LogP contribution in [0.5, 0.6) is 5.75 Å². The van der Waals surface area contributed by atoms with E-state index in [0.717, 1.165) is 12.8 Å². The Morgan fingerprint density at radius 3 is 2.50 bits per heavy atom. The third kappa shape index (κ3) is 4.82. The molecule has 0 radical (unpaired) electrons. The molecule has 1 heterocycles. The van der Waals surface area contributed by atoms with Gasteiger partial charge in [-0.25, -0.2) is 4.79 Å². The minimum Gasteiger partial charge on any atom is -0.494 e. The Hall–Kier alpha value is -2.86. The molecule has 6 heteroatoms. The lowest BCUT2D eigenvalue weighted by atomic mass is 10.0. The zero-order chi connectivity index (χ0) is 21.7. The van der Waals surface area contributed by atoms with E-state index in [1.165, 1.54) is 43.9 Å². The van der Waals surface area contributed by atoms with Crippen LogP contribution >= 0.6 is 0 Å². The Balaban J connectivity index is 1.94. The number of aliphatic hydroxyl groups is 1. The number of unbranched alkanes of at least 4 members (excludes halogenated alkanes) is 5. The third-order valence-electron chi connectivity index (χ3n) is 5.24. The molecule has 2 aromatic carbocycles. The molecule has 0 saturated heterocycles. The maximum atomic E-state index is 13.1. The Morgan fingerprint density at radius 1 is 1.07 bits per heavy atom. The summed E-state index contributed by atoms with van der Waals surface area (Å²) in [5.74, 6) is -0.620. The van der Waals surface area contributed by atoms with Gasteiger partial charge in [0.05, 0.1) is 29.0 Å². The van der Waals surface area contributed by atoms with Crippen molar-refractivity contribution in [3.8, 4) is 5.75 Å². The summed E-state index contributed by atoms with van der Waals surface area (Å²) in [6.45, 7) is 4.31. The van der Waals surface area contributed by atoms with Gasteiger partial charge in [-0.3, -0.25) is 4.79 Å². The maximum absolute atomic E-state index is 13.1. The van der Waals surface area contributed by atoms with Gasteiger partial charge in [0.25, 0.3) is 0 Å². The highest BCUT2D eigenvalue weighted by atomic mass is 16.5. The lowest BCUT2D eigenvalue weighted by Gasteiger charge is -2.13. The number of carboxylic acids is 1. The molecule has 1 aromatic heterocycles. The molecule has 0 aliphatic rings. The number of fused-ring (bicyclic) bond motifs is 2. The molecular weight excluding hydrogens is 384 g/mol. The molecule has 6 nitrogen and oxygen atoms in total. The minimum atomic E-state index is -1.11. The van der Waals surface area contributed by atoms with Gasteiger partial charge in [0, 0.05) is 5.56 Å². The van der Waals surface area contributed by atoms with E-state index in [1.807, 2.05) is 0 Å². The SMILES string of the molecule is CCCCCCCCOc1cc(C(C)O)c2oc3ccc(C(=O)O)cc3c(=O)c2c1. The molecule has 2 N–H and O–H groups in total. The van der Waals surface area contributed by atoms with Gasteiger partial charge in [0.15, 0.2) is 0 Å². The molecule has 0 saturated carbocycles. The van der Waals surface area contributed by atoms with Gasteiger partial charge >= 0.3 is 5.97 Å². The number of hydrogen-bond acceptors (Lipinski definition) is 5. The third-order valence-corrected chi connectivity index (χ3v) is 5.24. The molecule has 0 aliphatic carbocycles. The lowest BCUT2D eigenvalue weighted by molar-refractivity contribution is 0.0697. The van der Waals surface area contributed by atoms with Gasteiger partial charge in [-0.05, 0) is 43.7 Å². The summed E-state index contributed by atoms with van der Waals surface area (Å²) in [5, 5.41) is 19.9. The molecule has 3 rings (SSSR count). The zero-order valence-electron chi connectivity index (χ0n) is 17.4. The molecule has 0 amide bonds. The number of aliphatic hydroxyl groups excluding tert-OH is 1. The number of hydrogen-bond donors (Lipinski definition) is 2. The lowest BCUT2D eigenvalue weighted by Crippen LogP contribution is -2.07. The van der Waals surface area contributed by atoms with E-state index in [0.29, 0.717) is 17.9 Å². The van der Waals surface area contributed by atoms with Crippen molar-refractivity contribution in [2.45, 2.75) is 58.5 Å². The van der Waals surface area contributed by atoms with E-state index >= 15 is 0 Å². The quantitative estimate of drug-likeness (QED) is 0.340. The molecule has 0 bridgehead atoms. The maximum Gasteiger partial charge on any atom is 0.335 e. The Bertz CT molecular complexity index is 1100. The van der Waals surface area contributed by atoms with Crippen LogP contribution in [-0.4, -0.2) is 22.8 Å². The van der Waals surface area contributed by atoms with Gasteiger partial charge in [0.1, 0.15) is 16.9 Å². The summed E-state index contributed by atoms with van der Waals surface area (Å²) in [7, 11) is 0. The van der Waals surface area contributed by atoms with E-state index in [9.17, 15) is 19.8 Å². The van der Waals surface area contributed by atoms with Crippen molar-refractivity contribution >= 4 is 27.9 Å². The fourth-order valence-electron chi connectivity index (χ4n) is 3.56. The minimum absolute atomic E-state index is 0.0142. The van der Waals surface area contributed by atoms with Crippen LogP contribution in [0, 0.1) is 0 Å². The summed E-state index contributed by atoms with van der Waals surface area (Å²) in [4.78, 5) is 24.3. The fourth-order valence-corrected chi connectivity index (χ4v) is 3.56. The first kappa shape index (κ1) is 21.8. The van der Waals surface area contributed by atoms with Gasteiger partial charge < -0.3 is 19.4 Å². The van der Waals surface area contributed by atoms with Gasteiger partial charge in [-0.15, -0.1) is 0 Å². The first-order valence-electron chi connectivity index (χ1n) is 10.5.